The molecule has 0 saturated carbocycles. The van der Waals surface area contributed by atoms with E-state index in [1.807, 2.05) is 10.4 Å². The summed E-state index contributed by atoms with van der Waals surface area (Å²) in [6, 6.07) is 1.09. The number of aliphatic hydroxyl groups excluding tert-OH is 2. The zero-order valence-corrected chi connectivity index (χ0v) is 11.4. The Morgan fingerprint density at radius 2 is 2.25 bits per heavy atom. The van der Waals surface area contributed by atoms with Gasteiger partial charge in [-0.15, -0.1) is 0 Å². The molecule has 1 aliphatic heterocycles. The fourth-order valence-corrected chi connectivity index (χ4v) is 2.54. The maximum absolute atomic E-state index is 11.8. The highest BCUT2D eigenvalue weighted by atomic mass is 35.5. The third-order valence-electron chi connectivity index (χ3n) is 2.97. The molecule has 3 unspecified atom stereocenters. The van der Waals surface area contributed by atoms with Crippen LogP contribution in [-0.2, 0) is 4.74 Å². The van der Waals surface area contributed by atoms with E-state index in [1.165, 1.54) is 0 Å². The van der Waals surface area contributed by atoms with Crippen LogP contribution in [0.5, 0.6) is 0 Å². The fraction of sp³-hybridized carbons (Fsp3) is 0.455. The minimum atomic E-state index is -1.72. The Balaban J connectivity index is 2.55. The number of hydrogen-bond acceptors (Lipinski definition) is 5. The lowest BCUT2D eigenvalue weighted by Crippen LogP contribution is -2.44. The molecule has 0 aliphatic carbocycles. The van der Waals surface area contributed by atoms with Crippen LogP contribution >= 0.6 is 23.2 Å². The predicted molar refractivity (Wildman–Crippen MR) is 70.5 cm³/mol. The van der Waals surface area contributed by atoms with Crippen LogP contribution in [0.1, 0.15) is 6.23 Å². The van der Waals surface area contributed by atoms with Crippen molar-refractivity contribution < 1.29 is 14.9 Å². The molecule has 1 aromatic heterocycles. The van der Waals surface area contributed by atoms with E-state index in [9.17, 15) is 14.7 Å². The molecule has 0 radical (unpaired) electrons. The van der Waals surface area contributed by atoms with Crippen LogP contribution < -0.4 is 11.2 Å². The van der Waals surface area contributed by atoms with Crippen molar-refractivity contribution in [3.8, 4) is 11.3 Å². The van der Waals surface area contributed by atoms with Gasteiger partial charge in [0.15, 0.2) is 11.1 Å². The average molecular weight is 321 g/mol. The molecular weight excluding hydrogens is 311 g/mol. The molecule has 1 aromatic rings. The third kappa shape index (κ3) is 2.37. The number of aromatic nitrogens is 2. The number of aliphatic hydroxyl groups is 2. The number of nitrogens with zero attached hydrogens (tertiary/aromatic N) is 1. The number of ether oxygens (including phenoxy) is 1. The van der Waals surface area contributed by atoms with Crippen LogP contribution in [0.4, 0.5) is 0 Å². The first-order chi connectivity index (χ1) is 9.43. The van der Waals surface area contributed by atoms with Crippen molar-refractivity contribution in [2.75, 3.05) is 6.61 Å². The summed E-state index contributed by atoms with van der Waals surface area (Å²) in [7, 11) is 0. The molecule has 4 atom stereocenters. The van der Waals surface area contributed by atoms with Crippen molar-refractivity contribution in [3.63, 3.8) is 0 Å². The minimum Gasteiger partial charge on any atom is -0.394 e. The Hall–Kier alpha value is -1.30. The Kier molecular flexibility index (Phi) is 4.22. The van der Waals surface area contributed by atoms with Crippen molar-refractivity contribution >= 4 is 23.2 Å². The number of rotatable bonds is 2. The predicted octanol–water partition coefficient (Wildman–Crippen LogP) is -1.04. The average Bonchev–Trinajstić information content (AvgIpc) is 2.63. The molecule has 0 bridgehead atoms. The van der Waals surface area contributed by atoms with Gasteiger partial charge in [0.2, 0.25) is 0 Å². The van der Waals surface area contributed by atoms with Gasteiger partial charge in [0.05, 0.1) is 6.61 Å². The van der Waals surface area contributed by atoms with Crippen LogP contribution in [-0.4, -0.2) is 43.5 Å². The van der Waals surface area contributed by atoms with E-state index in [4.69, 9.17) is 33.0 Å². The molecule has 1 saturated heterocycles. The maximum atomic E-state index is 11.8. The SMILES string of the molecule is O=c1ccn(C2OC(CO)[C@H](O)C2(Cl)C#CCl)c(=O)[nH]1. The van der Waals surface area contributed by atoms with Crippen LogP contribution in [0, 0.1) is 11.3 Å². The highest BCUT2D eigenvalue weighted by molar-refractivity contribution is 6.32. The van der Waals surface area contributed by atoms with E-state index in [0.29, 0.717) is 0 Å². The van der Waals surface area contributed by atoms with E-state index in [0.717, 1.165) is 16.8 Å². The normalized spacial score (nSPS) is 32.7. The van der Waals surface area contributed by atoms with Gasteiger partial charge in [-0.1, -0.05) is 17.5 Å². The lowest BCUT2D eigenvalue weighted by atomic mass is 9.99. The lowest BCUT2D eigenvalue weighted by Gasteiger charge is -2.25. The molecule has 0 aromatic carbocycles. The summed E-state index contributed by atoms with van der Waals surface area (Å²) in [5.74, 6) is 2.37. The van der Waals surface area contributed by atoms with E-state index >= 15 is 0 Å². The topological polar surface area (TPSA) is 105 Å². The van der Waals surface area contributed by atoms with Crippen molar-refractivity contribution in [3.05, 3.63) is 33.1 Å². The minimum absolute atomic E-state index is 0.520. The highest BCUT2D eigenvalue weighted by Crippen LogP contribution is 2.42. The largest absolute Gasteiger partial charge is 0.394 e. The van der Waals surface area contributed by atoms with Gasteiger partial charge < -0.3 is 14.9 Å². The molecule has 1 fully saturated rings. The monoisotopic (exact) mass is 320 g/mol. The van der Waals surface area contributed by atoms with Gasteiger partial charge in [0.25, 0.3) is 5.56 Å². The van der Waals surface area contributed by atoms with Crippen molar-refractivity contribution in [1.29, 1.82) is 0 Å². The Bertz CT molecular complexity index is 676. The maximum Gasteiger partial charge on any atom is 0.330 e. The second-order valence-corrected chi connectivity index (χ2v) is 4.97. The first kappa shape index (κ1) is 15.1. The summed E-state index contributed by atoms with van der Waals surface area (Å²) >= 11 is 11.5. The van der Waals surface area contributed by atoms with Crippen molar-refractivity contribution in [1.82, 2.24) is 9.55 Å². The summed E-state index contributed by atoms with van der Waals surface area (Å²) < 4.78 is 6.31. The smallest absolute Gasteiger partial charge is 0.330 e. The summed E-state index contributed by atoms with van der Waals surface area (Å²) in [6.45, 7) is -0.520. The second kappa shape index (κ2) is 5.60. The Morgan fingerprint density at radius 1 is 1.55 bits per heavy atom. The Morgan fingerprint density at radius 3 is 2.80 bits per heavy atom. The molecule has 2 rings (SSSR count). The molecular formula is C11H10Cl2N2O5. The summed E-state index contributed by atoms with van der Waals surface area (Å²) in [5.41, 5.74) is -1.37. The first-order valence-electron chi connectivity index (χ1n) is 5.51. The van der Waals surface area contributed by atoms with E-state index in [2.05, 4.69) is 5.92 Å². The molecule has 20 heavy (non-hydrogen) atoms. The zero-order valence-electron chi connectivity index (χ0n) is 9.92. The first-order valence-corrected chi connectivity index (χ1v) is 6.27. The van der Waals surface area contributed by atoms with Crippen LogP contribution in [0.3, 0.4) is 0 Å². The summed E-state index contributed by atoms with van der Waals surface area (Å²) in [4.78, 5) is 23.1. The number of hydrogen-bond donors (Lipinski definition) is 3. The number of aromatic amines is 1. The van der Waals surface area contributed by atoms with Crippen molar-refractivity contribution in [2.45, 2.75) is 23.3 Å². The Labute approximate surface area is 122 Å². The van der Waals surface area contributed by atoms with Gasteiger partial charge >= 0.3 is 5.69 Å². The summed E-state index contributed by atoms with van der Waals surface area (Å²) in [5, 5.41) is 21.2. The van der Waals surface area contributed by atoms with E-state index in [1.54, 1.807) is 0 Å². The zero-order chi connectivity index (χ0) is 14.9. The van der Waals surface area contributed by atoms with E-state index < -0.39 is 41.2 Å². The molecule has 7 nitrogen and oxygen atoms in total. The molecule has 0 amide bonds. The standard InChI is InChI=1S/C11H10Cl2N2O5/c12-3-2-11(13)8(18)6(5-16)20-9(11)15-4-1-7(17)14-10(15)19/h1,4,6,8-9,16,18H,5H2,(H,14,17,19)/t6?,8-,9?,11?/m0/s1. The molecule has 0 spiro atoms. The molecule has 9 heteroatoms. The van der Waals surface area contributed by atoms with Gasteiger partial charge in [-0.3, -0.25) is 14.3 Å². The third-order valence-corrected chi connectivity index (χ3v) is 3.57. The molecule has 3 N–H and O–H groups in total. The summed E-state index contributed by atoms with van der Waals surface area (Å²) in [6.07, 6.45) is -2.46. The number of H-pyrrole nitrogens is 1. The van der Waals surface area contributed by atoms with Gasteiger partial charge in [0.1, 0.15) is 12.2 Å². The van der Waals surface area contributed by atoms with Gasteiger partial charge in [0, 0.05) is 17.6 Å². The number of nitrogens with one attached hydrogen (secondary N) is 1. The highest BCUT2D eigenvalue weighted by Gasteiger charge is 2.55. The second-order valence-electron chi connectivity index (χ2n) is 4.16. The van der Waals surface area contributed by atoms with Crippen LogP contribution in [0.15, 0.2) is 21.9 Å². The quantitative estimate of drug-likeness (QED) is 0.477. The van der Waals surface area contributed by atoms with Gasteiger partial charge in [-0.25, -0.2) is 4.79 Å². The van der Waals surface area contributed by atoms with Crippen molar-refractivity contribution in [2.24, 2.45) is 0 Å². The molecule has 108 valence electrons. The van der Waals surface area contributed by atoms with E-state index in [-0.39, 0.29) is 0 Å². The fourth-order valence-electron chi connectivity index (χ4n) is 1.99. The van der Waals surface area contributed by atoms with Crippen LogP contribution in [0.25, 0.3) is 0 Å². The number of halogens is 2. The van der Waals surface area contributed by atoms with Crippen LogP contribution in [0.2, 0.25) is 0 Å². The number of alkyl halides is 1. The molecule has 2 heterocycles. The lowest BCUT2D eigenvalue weighted by molar-refractivity contribution is -0.0464. The van der Waals surface area contributed by atoms with Gasteiger partial charge in [-0.05, 0) is 11.6 Å². The van der Waals surface area contributed by atoms with Gasteiger partial charge in [-0.2, -0.15) is 0 Å². The molecule has 1 aliphatic rings.